The number of rotatable bonds is 3. The van der Waals surface area contributed by atoms with Gasteiger partial charge in [-0.2, -0.15) is 0 Å². The van der Waals surface area contributed by atoms with Gasteiger partial charge in [0.25, 0.3) is 0 Å². The minimum Gasteiger partial charge on any atom is -0.480 e. The van der Waals surface area contributed by atoms with E-state index in [2.05, 4.69) is 10.6 Å². The van der Waals surface area contributed by atoms with Crippen molar-refractivity contribution in [1.29, 1.82) is 0 Å². The third-order valence-electron chi connectivity index (χ3n) is 1.88. The van der Waals surface area contributed by atoms with Gasteiger partial charge >= 0.3 is 5.97 Å². The van der Waals surface area contributed by atoms with E-state index in [-0.39, 0.29) is 11.8 Å². The first-order chi connectivity index (χ1) is 5.61. The van der Waals surface area contributed by atoms with E-state index < -0.39 is 12.0 Å². The lowest BCUT2D eigenvalue weighted by atomic mass is 10.0. The smallest absolute Gasteiger partial charge is 0.325 e. The van der Waals surface area contributed by atoms with E-state index >= 15 is 0 Å². The molecule has 0 aromatic carbocycles. The minimum absolute atomic E-state index is 0.0493. The van der Waals surface area contributed by atoms with Crippen molar-refractivity contribution >= 4 is 11.9 Å². The summed E-state index contributed by atoms with van der Waals surface area (Å²) < 4.78 is 0. The quantitative estimate of drug-likeness (QED) is 0.499. The van der Waals surface area contributed by atoms with Gasteiger partial charge in [0.15, 0.2) is 0 Å². The highest BCUT2D eigenvalue weighted by molar-refractivity contribution is 5.85. The van der Waals surface area contributed by atoms with Crippen molar-refractivity contribution in [3.63, 3.8) is 0 Å². The Hall–Kier alpha value is -1.10. The molecule has 0 bridgehead atoms. The Bertz CT molecular complexity index is 201. The fraction of sp³-hybridized carbons (Fsp3) is 0.714. The number of carbonyl (C=O) groups excluding carboxylic acids is 1. The van der Waals surface area contributed by atoms with Crippen LogP contribution in [0.3, 0.4) is 0 Å². The number of carbonyl (C=O) groups is 2. The van der Waals surface area contributed by atoms with Crippen LogP contribution in [0, 0.1) is 5.92 Å². The molecule has 1 fully saturated rings. The maximum absolute atomic E-state index is 11.1. The zero-order valence-electron chi connectivity index (χ0n) is 6.83. The maximum Gasteiger partial charge on any atom is 0.325 e. The predicted molar refractivity (Wildman–Crippen MR) is 41.6 cm³/mol. The summed E-state index contributed by atoms with van der Waals surface area (Å²) >= 11 is 0. The van der Waals surface area contributed by atoms with Gasteiger partial charge in [-0.15, -0.1) is 0 Å². The van der Waals surface area contributed by atoms with Crippen LogP contribution in [0.25, 0.3) is 0 Å². The largest absolute Gasteiger partial charge is 0.480 e. The Morgan fingerprint density at radius 1 is 1.58 bits per heavy atom. The van der Waals surface area contributed by atoms with Gasteiger partial charge in [-0.05, 0) is 6.92 Å². The van der Waals surface area contributed by atoms with E-state index in [1.54, 1.807) is 0 Å². The van der Waals surface area contributed by atoms with E-state index in [4.69, 9.17) is 5.11 Å². The van der Waals surface area contributed by atoms with Gasteiger partial charge in [-0.25, -0.2) is 0 Å². The van der Waals surface area contributed by atoms with Crippen molar-refractivity contribution in [3.8, 4) is 0 Å². The Balaban J connectivity index is 2.29. The van der Waals surface area contributed by atoms with Gasteiger partial charge in [0.2, 0.25) is 5.91 Å². The van der Waals surface area contributed by atoms with Crippen molar-refractivity contribution in [1.82, 2.24) is 10.6 Å². The van der Waals surface area contributed by atoms with Crippen LogP contribution < -0.4 is 10.6 Å². The molecule has 0 saturated carbocycles. The molecule has 1 unspecified atom stereocenters. The second kappa shape index (κ2) is 3.53. The molecule has 68 valence electrons. The molecule has 5 heteroatoms. The lowest BCUT2D eigenvalue weighted by Crippen LogP contribution is -2.53. The van der Waals surface area contributed by atoms with Crippen LogP contribution >= 0.6 is 0 Å². The summed E-state index contributed by atoms with van der Waals surface area (Å²) in [5.74, 6) is -1.23. The molecular formula is C7H12N2O3. The highest BCUT2D eigenvalue weighted by atomic mass is 16.4. The van der Waals surface area contributed by atoms with E-state index in [0.717, 1.165) is 0 Å². The Morgan fingerprint density at radius 3 is 2.50 bits per heavy atom. The average Bonchev–Trinajstić information content (AvgIpc) is 1.82. The molecule has 0 aromatic rings. The fourth-order valence-electron chi connectivity index (χ4n) is 0.867. The summed E-state index contributed by atoms with van der Waals surface area (Å²) in [6.07, 6.45) is 0. The Morgan fingerprint density at radius 2 is 2.17 bits per heavy atom. The molecule has 1 amide bonds. The van der Waals surface area contributed by atoms with Gasteiger partial charge in [0, 0.05) is 13.1 Å². The van der Waals surface area contributed by atoms with Crippen LogP contribution in [-0.2, 0) is 9.59 Å². The van der Waals surface area contributed by atoms with Crippen LogP contribution in [0.5, 0.6) is 0 Å². The highest BCUT2D eigenvalue weighted by Crippen LogP contribution is 2.02. The van der Waals surface area contributed by atoms with Crippen molar-refractivity contribution in [2.75, 3.05) is 13.1 Å². The molecule has 1 aliphatic rings. The van der Waals surface area contributed by atoms with E-state index in [1.807, 2.05) is 0 Å². The molecular weight excluding hydrogens is 160 g/mol. The third kappa shape index (κ3) is 1.94. The Labute approximate surface area is 70.1 Å². The van der Waals surface area contributed by atoms with Crippen molar-refractivity contribution in [2.45, 2.75) is 13.0 Å². The molecule has 3 N–H and O–H groups in total. The van der Waals surface area contributed by atoms with Crippen LogP contribution in [-0.4, -0.2) is 36.1 Å². The first-order valence-corrected chi connectivity index (χ1v) is 3.85. The first kappa shape index (κ1) is 8.99. The summed E-state index contributed by atoms with van der Waals surface area (Å²) in [6.45, 7) is 2.75. The maximum atomic E-state index is 11.1. The van der Waals surface area contributed by atoms with Gasteiger partial charge in [0.1, 0.15) is 6.04 Å². The van der Waals surface area contributed by atoms with Crippen LogP contribution in [0.1, 0.15) is 6.92 Å². The van der Waals surface area contributed by atoms with Crippen LogP contribution in [0.2, 0.25) is 0 Å². The number of aliphatic carboxylic acids is 1. The van der Waals surface area contributed by atoms with Crippen molar-refractivity contribution < 1.29 is 14.7 Å². The second-order valence-corrected chi connectivity index (χ2v) is 2.92. The van der Waals surface area contributed by atoms with E-state index in [9.17, 15) is 9.59 Å². The summed E-state index contributed by atoms with van der Waals surface area (Å²) in [6, 6.07) is -0.793. The molecule has 0 aromatic heterocycles. The lowest BCUT2D eigenvalue weighted by Gasteiger charge is -2.26. The highest BCUT2D eigenvalue weighted by Gasteiger charge is 2.26. The van der Waals surface area contributed by atoms with Crippen molar-refractivity contribution in [3.05, 3.63) is 0 Å². The fourth-order valence-corrected chi connectivity index (χ4v) is 0.867. The minimum atomic E-state index is -1.00. The summed E-state index contributed by atoms with van der Waals surface area (Å²) in [5.41, 5.74) is 0. The topological polar surface area (TPSA) is 78.4 Å². The first-order valence-electron chi connectivity index (χ1n) is 3.85. The molecule has 1 heterocycles. The number of hydrogen-bond acceptors (Lipinski definition) is 3. The number of hydrogen-bond donors (Lipinski definition) is 3. The summed E-state index contributed by atoms with van der Waals surface area (Å²) in [5, 5.41) is 13.8. The Kier molecular flexibility index (Phi) is 2.65. The average molecular weight is 172 g/mol. The molecule has 0 spiro atoms. The summed E-state index contributed by atoms with van der Waals surface area (Å²) in [4.78, 5) is 21.5. The molecule has 5 nitrogen and oxygen atoms in total. The predicted octanol–water partition coefficient (Wildman–Crippen LogP) is -1.20. The summed E-state index contributed by atoms with van der Waals surface area (Å²) in [7, 11) is 0. The second-order valence-electron chi connectivity index (χ2n) is 2.92. The molecule has 1 rings (SSSR count). The monoisotopic (exact) mass is 172 g/mol. The molecule has 0 aliphatic carbocycles. The molecule has 1 aliphatic heterocycles. The lowest BCUT2D eigenvalue weighted by molar-refractivity contribution is -0.142. The number of carboxylic acid groups (broad SMARTS) is 1. The zero-order chi connectivity index (χ0) is 9.14. The van der Waals surface area contributed by atoms with Gasteiger partial charge < -0.3 is 15.7 Å². The molecule has 12 heavy (non-hydrogen) atoms. The van der Waals surface area contributed by atoms with E-state index in [0.29, 0.717) is 13.1 Å². The number of amides is 1. The van der Waals surface area contributed by atoms with Gasteiger partial charge in [0.05, 0.1) is 5.92 Å². The zero-order valence-corrected chi connectivity index (χ0v) is 6.83. The third-order valence-corrected chi connectivity index (χ3v) is 1.88. The number of nitrogens with one attached hydrogen (secondary N) is 2. The molecule has 1 atom stereocenters. The normalized spacial score (nSPS) is 19.4. The van der Waals surface area contributed by atoms with E-state index in [1.165, 1.54) is 6.92 Å². The number of carboxylic acids is 1. The molecule has 0 radical (unpaired) electrons. The van der Waals surface area contributed by atoms with Crippen molar-refractivity contribution in [2.24, 2.45) is 5.92 Å². The van der Waals surface area contributed by atoms with Gasteiger partial charge in [-0.1, -0.05) is 0 Å². The van der Waals surface area contributed by atoms with Gasteiger partial charge in [-0.3, -0.25) is 9.59 Å². The van der Waals surface area contributed by atoms with Crippen LogP contribution in [0.4, 0.5) is 0 Å². The van der Waals surface area contributed by atoms with Crippen LogP contribution in [0.15, 0.2) is 0 Å². The standard InChI is InChI=1S/C7H12N2O3/c1-4(7(11)12)9-6(10)5-2-8-3-5/h4-5,8H,2-3H2,1H3,(H,9,10)(H,11,12). The molecule has 1 saturated heterocycles. The SMILES string of the molecule is CC(NC(=O)C1CNC1)C(=O)O.